The maximum Gasteiger partial charge on any atom is 0.159 e. The summed E-state index contributed by atoms with van der Waals surface area (Å²) in [5, 5.41) is 8.06. The molecule has 0 aliphatic rings. The van der Waals surface area contributed by atoms with Crippen LogP contribution in [0.2, 0.25) is 0 Å². The highest BCUT2D eigenvalue weighted by molar-refractivity contribution is 5.74. The fraction of sp³-hybridized carbons (Fsp3) is 0.214. The third-order valence-corrected chi connectivity index (χ3v) is 2.95. The van der Waals surface area contributed by atoms with Crippen molar-refractivity contribution in [1.82, 2.24) is 20.2 Å². The lowest BCUT2D eigenvalue weighted by Crippen LogP contribution is -1.94. The van der Waals surface area contributed by atoms with Crippen molar-refractivity contribution in [2.75, 3.05) is 0 Å². The number of fused-ring (bicyclic) bond motifs is 1. The van der Waals surface area contributed by atoms with E-state index >= 15 is 0 Å². The van der Waals surface area contributed by atoms with Gasteiger partial charge in [0.25, 0.3) is 0 Å². The van der Waals surface area contributed by atoms with Crippen molar-refractivity contribution < 1.29 is 0 Å². The second-order valence-corrected chi connectivity index (χ2v) is 4.27. The highest BCUT2D eigenvalue weighted by Gasteiger charge is 2.00. The molecule has 0 aliphatic carbocycles. The first-order chi connectivity index (χ1) is 8.92. The molecule has 0 fully saturated rings. The molecule has 3 aromatic heterocycles. The van der Waals surface area contributed by atoms with Gasteiger partial charge in [0.05, 0.1) is 5.69 Å². The minimum absolute atomic E-state index is 0.828. The molecule has 0 atom stereocenters. The number of aromatic nitrogens is 4. The Bertz CT molecular complexity index is 631. The van der Waals surface area contributed by atoms with E-state index in [4.69, 9.17) is 0 Å². The Morgan fingerprint density at radius 1 is 1.00 bits per heavy atom. The number of rotatable bonds is 4. The summed E-state index contributed by atoms with van der Waals surface area (Å²) in [7, 11) is 0. The van der Waals surface area contributed by atoms with Crippen molar-refractivity contribution >= 4 is 11.0 Å². The number of hydrogen-bond donors (Lipinski definition) is 1. The fourth-order valence-corrected chi connectivity index (χ4v) is 2.01. The molecular weight excluding hydrogens is 224 g/mol. The van der Waals surface area contributed by atoms with Crippen LogP contribution >= 0.6 is 0 Å². The molecule has 0 saturated carbocycles. The Balaban J connectivity index is 1.67. The molecule has 4 nitrogen and oxygen atoms in total. The number of nitrogens with zero attached hydrogens (tertiary/aromatic N) is 3. The number of aromatic amines is 1. The van der Waals surface area contributed by atoms with Gasteiger partial charge in [-0.3, -0.25) is 5.10 Å². The number of hydrogen-bond acceptors (Lipinski definition) is 3. The smallest absolute Gasteiger partial charge is 0.159 e. The Labute approximate surface area is 105 Å². The lowest BCUT2D eigenvalue weighted by Gasteiger charge is -2.01. The van der Waals surface area contributed by atoms with Gasteiger partial charge in [-0.25, -0.2) is 9.97 Å². The molecular formula is C14H14N4. The van der Waals surface area contributed by atoms with E-state index < -0.39 is 0 Å². The lowest BCUT2D eigenvalue weighted by molar-refractivity contribution is 0.778. The summed E-state index contributed by atoms with van der Waals surface area (Å²) in [6.45, 7) is 0. The molecule has 0 spiro atoms. The van der Waals surface area contributed by atoms with Gasteiger partial charge in [-0.15, -0.1) is 0 Å². The summed E-state index contributed by atoms with van der Waals surface area (Å²) in [4.78, 5) is 8.83. The second kappa shape index (κ2) is 4.96. The first kappa shape index (κ1) is 10.9. The van der Waals surface area contributed by atoms with E-state index in [0.29, 0.717) is 0 Å². The highest BCUT2D eigenvalue weighted by atomic mass is 15.1. The van der Waals surface area contributed by atoms with Gasteiger partial charge in [0.15, 0.2) is 5.65 Å². The summed E-state index contributed by atoms with van der Waals surface area (Å²) >= 11 is 0. The molecule has 3 rings (SSSR count). The van der Waals surface area contributed by atoms with E-state index in [9.17, 15) is 0 Å². The van der Waals surface area contributed by atoms with Crippen LogP contribution in [-0.4, -0.2) is 20.2 Å². The minimum Gasteiger partial charge on any atom is -0.285 e. The zero-order valence-corrected chi connectivity index (χ0v) is 10.0. The fourth-order valence-electron chi connectivity index (χ4n) is 2.01. The van der Waals surface area contributed by atoms with Gasteiger partial charge in [0, 0.05) is 23.5 Å². The van der Waals surface area contributed by atoms with Crippen LogP contribution in [0.3, 0.4) is 0 Å². The normalized spacial score (nSPS) is 10.9. The number of aryl methyl sites for hydroxylation is 2. The maximum atomic E-state index is 4.55. The van der Waals surface area contributed by atoms with Crippen LogP contribution in [-0.2, 0) is 12.8 Å². The predicted molar refractivity (Wildman–Crippen MR) is 70.2 cm³/mol. The molecule has 0 aliphatic heterocycles. The number of pyridine rings is 2. The SMILES string of the molecule is c1cnc2nc(CCCc3cc[nH]n3)ccc2c1. The van der Waals surface area contributed by atoms with E-state index in [0.717, 1.165) is 41.7 Å². The van der Waals surface area contributed by atoms with Crippen molar-refractivity contribution in [3.05, 3.63) is 54.1 Å². The molecule has 0 aromatic carbocycles. The first-order valence-corrected chi connectivity index (χ1v) is 6.11. The Morgan fingerprint density at radius 2 is 1.94 bits per heavy atom. The van der Waals surface area contributed by atoms with Gasteiger partial charge in [-0.2, -0.15) is 5.10 Å². The zero-order valence-electron chi connectivity index (χ0n) is 10.0. The topological polar surface area (TPSA) is 54.5 Å². The lowest BCUT2D eigenvalue weighted by atomic mass is 10.1. The highest BCUT2D eigenvalue weighted by Crippen LogP contribution is 2.11. The predicted octanol–water partition coefficient (Wildman–Crippen LogP) is 2.53. The largest absolute Gasteiger partial charge is 0.285 e. The summed E-state index contributed by atoms with van der Waals surface area (Å²) in [5.41, 5.74) is 3.03. The third-order valence-electron chi connectivity index (χ3n) is 2.95. The van der Waals surface area contributed by atoms with Crippen molar-refractivity contribution in [2.24, 2.45) is 0 Å². The molecule has 0 radical (unpaired) electrons. The molecule has 1 N–H and O–H groups in total. The molecule has 0 amide bonds. The molecule has 0 saturated heterocycles. The quantitative estimate of drug-likeness (QED) is 0.760. The van der Waals surface area contributed by atoms with Crippen LogP contribution in [0, 0.1) is 0 Å². The first-order valence-electron chi connectivity index (χ1n) is 6.11. The summed E-state index contributed by atoms with van der Waals surface area (Å²) in [6.07, 6.45) is 6.62. The van der Waals surface area contributed by atoms with E-state index in [1.54, 1.807) is 6.20 Å². The Hall–Kier alpha value is -2.23. The summed E-state index contributed by atoms with van der Waals surface area (Å²) < 4.78 is 0. The van der Waals surface area contributed by atoms with Gasteiger partial charge in [0.1, 0.15) is 0 Å². The molecule has 0 unspecified atom stereocenters. The molecule has 4 heteroatoms. The van der Waals surface area contributed by atoms with Crippen molar-refractivity contribution in [3.63, 3.8) is 0 Å². The molecule has 3 aromatic rings. The Morgan fingerprint density at radius 3 is 2.83 bits per heavy atom. The minimum atomic E-state index is 0.828. The maximum absolute atomic E-state index is 4.55. The summed E-state index contributed by atoms with van der Waals surface area (Å²) in [5.74, 6) is 0. The van der Waals surface area contributed by atoms with Crippen LogP contribution in [0.5, 0.6) is 0 Å². The molecule has 0 bridgehead atoms. The van der Waals surface area contributed by atoms with E-state index in [1.807, 2.05) is 24.4 Å². The van der Waals surface area contributed by atoms with Crippen molar-refractivity contribution in [1.29, 1.82) is 0 Å². The van der Waals surface area contributed by atoms with Crippen molar-refractivity contribution in [3.8, 4) is 0 Å². The van der Waals surface area contributed by atoms with Crippen LogP contribution in [0.25, 0.3) is 11.0 Å². The van der Waals surface area contributed by atoms with Gasteiger partial charge < -0.3 is 0 Å². The number of H-pyrrole nitrogens is 1. The van der Waals surface area contributed by atoms with E-state index in [2.05, 4.69) is 32.3 Å². The van der Waals surface area contributed by atoms with Gasteiger partial charge in [-0.1, -0.05) is 0 Å². The van der Waals surface area contributed by atoms with Crippen LogP contribution < -0.4 is 0 Å². The molecule has 3 heterocycles. The van der Waals surface area contributed by atoms with E-state index in [1.165, 1.54) is 0 Å². The molecule has 90 valence electrons. The zero-order chi connectivity index (χ0) is 12.2. The van der Waals surface area contributed by atoms with Crippen LogP contribution in [0.4, 0.5) is 0 Å². The van der Waals surface area contributed by atoms with Crippen LogP contribution in [0.1, 0.15) is 17.8 Å². The van der Waals surface area contributed by atoms with Gasteiger partial charge in [-0.05, 0) is 49.6 Å². The third kappa shape index (κ3) is 2.37. The second-order valence-electron chi connectivity index (χ2n) is 4.27. The average Bonchev–Trinajstić information content (AvgIpc) is 2.92. The van der Waals surface area contributed by atoms with Crippen molar-refractivity contribution in [2.45, 2.75) is 19.3 Å². The van der Waals surface area contributed by atoms with Crippen LogP contribution in [0.15, 0.2) is 42.7 Å². The molecule has 18 heavy (non-hydrogen) atoms. The monoisotopic (exact) mass is 238 g/mol. The van der Waals surface area contributed by atoms with Gasteiger partial charge >= 0.3 is 0 Å². The summed E-state index contributed by atoms with van der Waals surface area (Å²) in [6, 6.07) is 10.1. The van der Waals surface area contributed by atoms with E-state index in [-0.39, 0.29) is 0 Å². The average molecular weight is 238 g/mol. The Kier molecular flexibility index (Phi) is 3.00. The standard InChI is InChI=1S/C14H14N4/c1(5-13-8-10-16-18-13)4-12-7-6-11-3-2-9-15-14(11)17-12/h2-3,6-10H,1,4-5H2,(H,16,18). The number of nitrogens with one attached hydrogen (secondary N) is 1. The van der Waals surface area contributed by atoms with Gasteiger partial charge in [0.2, 0.25) is 0 Å².